The number of benzene rings is 2. The van der Waals surface area contributed by atoms with Gasteiger partial charge in [-0.15, -0.1) is 0 Å². The lowest BCUT2D eigenvalue weighted by Crippen LogP contribution is -2.30. The molecule has 0 heterocycles. The zero-order valence-corrected chi connectivity index (χ0v) is 16.1. The van der Waals surface area contributed by atoms with Gasteiger partial charge in [-0.2, -0.15) is 0 Å². The first-order valence-electron chi connectivity index (χ1n) is 8.16. The minimum Gasteiger partial charge on any atom is -0.490 e. The molecule has 6 heteroatoms. The number of carbonyl (C=O) groups excluding carboxylic acids is 1. The topological polar surface area (TPSA) is 56.8 Å². The molecule has 1 N–H and O–H groups in total. The van der Waals surface area contributed by atoms with Gasteiger partial charge in [0.05, 0.1) is 13.2 Å². The molecular formula is C19H22BrNO4. The van der Waals surface area contributed by atoms with Gasteiger partial charge in [-0.1, -0.05) is 15.9 Å². The van der Waals surface area contributed by atoms with Crippen LogP contribution in [-0.4, -0.2) is 25.2 Å². The predicted octanol–water partition coefficient (Wildman–Crippen LogP) is 4.65. The minimum atomic E-state index is -0.636. The van der Waals surface area contributed by atoms with Crippen molar-refractivity contribution < 1.29 is 19.0 Å². The molecule has 0 spiro atoms. The van der Waals surface area contributed by atoms with E-state index < -0.39 is 6.10 Å². The van der Waals surface area contributed by atoms with Crippen molar-refractivity contribution >= 4 is 27.5 Å². The number of rotatable bonds is 8. The summed E-state index contributed by atoms with van der Waals surface area (Å²) in [5.41, 5.74) is 0.628. The van der Waals surface area contributed by atoms with Crippen LogP contribution in [0.1, 0.15) is 20.8 Å². The molecule has 2 aromatic carbocycles. The van der Waals surface area contributed by atoms with Crippen LogP contribution in [0.15, 0.2) is 46.9 Å². The second-order valence-corrected chi connectivity index (χ2v) is 6.15. The van der Waals surface area contributed by atoms with E-state index in [2.05, 4.69) is 21.2 Å². The summed E-state index contributed by atoms with van der Waals surface area (Å²) in [6, 6.07) is 12.6. The van der Waals surface area contributed by atoms with Crippen molar-refractivity contribution in [3.63, 3.8) is 0 Å². The van der Waals surface area contributed by atoms with Crippen molar-refractivity contribution in [2.45, 2.75) is 26.9 Å². The maximum Gasteiger partial charge on any atom is 0.265 e. The van der Waals surface area contributed by atoms with E-state index in [1.165, 1.54) is 0 Å². The maximum absolute atomic E-state index is 12.3. The average molecular weight is 408 g/mol. The molecule has 0 aliphatic rings. The molecule has 2 aromatic rings. The van der Waals surface area contributed by atoms with Crippen LogP contribution in [-0.2, 0) is 4.79 Å². The molecule has 0 saturated carbocycles. The van der Waals surface area contributed by atoms with Crippen molar-refractivity contribution in [2.24, 2.45) is 0 Å². The Morgan fingerprint density at radius 3 is 2.32 bits per heavy atom. The Balaban J connectivity index is 2.03. The van der Waals surface area contributed by atoms with E-state index in [0.29, 0.717) is 36.1 Å². The lowest BCUT2D eigenvalue weighted by molar-refractivity contribution is -0.122. The lowest BCUT2D eigenvalue weighted by atomic mass is 10.2. The van der Waals surface area contributed by atoms with Gasteiger partial charge >= 0.3 is 0 Å². The monoisotopic (exact) mass is 407 g/mol. The van der Waals surface area contributed by atoms with Crippen LogP contribution < -0.4 is 19.5 Å². The molecule has 0 aromatic heterocycles. The molecule has 0 radical (unpaired) electrons. The van der Waals surface area contributed by atoms with Crippen molar-refractivity contribution in [1.29, 1.82) is 0 Å². The summed E-state index contributed by atoms with van der Waals surface area (Å²) in [6.07, 6.45) is -0.636. The van der Waals surface area contributed by atoms with Crippen LogP contribution in [0.2, 0.25) is 0 Å². The third kappa shape index (κ3) is 5.67. The highest BCUT2D eigenvalue weighted by Gasteiger charge is 2.16. The summed E-state index contributed by atoms with van der Waals surface area (Å²) >= 11 is 3.36. The molecule has 134 valence electrons. The van der Waals surface area contributed by atoms with E-state index >= 15 is 0 Å². The molecule has 5 nitrogen and oxygen atoms in total. The van der Waals surface area contributed by atoms with Crippen molar-refractivity contribution in [2.75, 3.05) is 18.5 Å². The van der Waals surface area contributed by atoms with E-state index in [4.69, 9.17) is 14.2 Å². The van der Waals surface area contributed by atoms with Gasteiger partial charge in [0.15, 0.2) is 17.6 Å². The summed E-state index contributed by atoms with van der Waals surface area (Å²) < 4.78 is 17.7. The minimum absolute atomic E-state index is 0.241. The van der Waals surface area contributed by atoms with Crippen LogP contribution in [0.25, 0.3) is 0 Å². The van der Waals surface area contributed by atoms with Crippen LogP contribution in [0, 0.1) is 0 Å². The van der Waals surface area contributed by atoms with Crippen molar-refractivity contribution in [3.05, 3.63) is 46.9 Å². The second-order valence-electron chi connectivity index (χ2n) is 5.23. The molecule has 0 saturated heterocycles. The summed E-state index contributed by atoms with van der Waals surface area (Å²) in [6.45, 7) is 6.57. The molecule has 1 unspecified atom stereocenters. The number of amides is 1. The van der Waals surface area contributed by atoms with Gasteiger partial charge < -0.3 is 19.5 Å². The summed E-state index contributed by atoms with van der Waals surface area (Å²) in [5, 5.41) is 2.83. The molecular weight excluding hydrogens is 386 g/mol. The third-order valence-corrected chi connectivity index (χ3v) is 3.84. The molecule has 1 amide bonds. The van der Waals surface area contributed by atoms with Crippen molar-refractivity contribution in [1.82, 2.24) is 0 Å². The molecule has 2 rings (SSSR count). The molecule has 25 heavy (non-hydrogen) atoms. The Morgan fingerprint density at radius 1 is 1.04 bits per heavy atom. The maximum atomic E-state index is 12.3. The van der Waals surface area contributed by atoms with E-state index in [1.54, 1.807) is 37.3 Å². The fraction of sp³-hybridized carbons (Fsp3) is 0.316. The first kappa shape index (κ1) is 19.1. The number of nitrogens with one attached hydrogen (secondary N) is 1. The molecule has 1 atom stereocenters. The van der Waals surface area contributed by atoms with Gasteiger partial charge in [0, 0.05) is 16.2 Å². The number of ether oxygens (including phenoxy) is 3. The standard InChI is InChI=1S/C19H22BrNO4/c1-4-23-17-11-8-15(12-18(17)24-5-2)21-19(22)13(3)25-16-9-6-14(20)7-10-16/h6-13H,4-5H2,1-3H3,(H,21,22). The number of hydrogen-bond donors (Lipinski definition) is 1. The van der Waals surface area contributed by atoms with Gasteiger partial charge in [-0.25, -0.2) is 0 Å². The highest BCUT2D eigenvalue weighted by atomic mass is 79.9. The van der Waals surface area contributed by atoms with Crippen LogP contribution in [0.5, 0.6) is 17.2 Å². The first-order chi connectivity index (χ1) is 12.0. The zero-order chi connectivity index (χ0) is 18.2. The van der Waals surface area contributed by atoms with Gasteiger partial charge in [0.2, 0.25) is 0 Å². The number of carbonyl (C=O) groups is 1. The molecule has 0 aliphatic carbocycles. The van der Waals surface area contributed by atoms with E-state index in [-0.39, 0.29) is 5.91 Å². The Labute approximate surface area is 156 Å². The summed E-state index contributed by atoms with van der Waals surface area (Å²) in [7, 11) is 0. The van der Waals surface area contributed by atoms with Gasteiger partial charge in [-0.3, -0.25) is 4.79 Å². The average Bonchev–Trinajstić information content (AvgIpc) is 2.59. The van der Waals surface area contributed by atoms with Gasteiger partial charge in [0.25, 0.3) is 5.91 Å². The van der Waals surface area contributed by atoms with E-state index in [0.717, 1.165) is 4.47 Å². The summed E-state index contributed by atoms with van der Waals surface area (Å²) in [4.78, 5) is 12.3. The Hall–Kier alpha value is -2.21. The lowest BCUT2D eigenvalue weighted by Gasteiger charge is -2.16. The Morgan fingerprint density at radius 2 is 1.68 bits per heavy atom. The van der Waals surface area contributed by atoms with E-state index in [9.17, 15) is 4.79 Å². The van der Waals surface area contributed by atoms with Crippen LogP contribution in [0.3, 0.4) is 0 Å². The number of anilines is 1. The number of halogens is 1. The highest BCUT2D eigenvalue weighted by Crippen LogP contribution is 2.30. The molecule has 0 aliphatic heterocycles. The fourth-order valence-electron chi connectivity index (χ4n) is 2.14. The van der Waals surface area contributed by atoms with Crippen LogP contribution >= 0.6 is 15.9 Å². The fourth-order valence-corrected chi connectivity index (χ4v) is 2.41. The summed E-state index contributed by atoms with van der Waals surface area (Å²) in [5.74, 6) is 1.65. The SMILES string of the molecule is CCOc1ccc(NC(=O)C(C)Oc2ccc(Br)cc2)cc1OCC. The molecule has 0 fully saturated rings. The largest absolute Gasteiger partial charge is 0.490 e. The zero-order valence-electron chi connectivity index (χ0n) is 14.5. The Bertz CT molecular complexity index is 703. The highest BCUT2D eigenvalue weighted by molar-refractivity contribution is 9.10. The predicted molar refractivity (Wildman–Crippen MR) is 102 cm³/mol. The van der Waals surface area contributed by atoms with Gasteiger partial charge in [-0.05, 0) is 57.2 Å². The quantitative estimate of drug-likeness (QED) is 0.691. The third-order valence-electron chi connectivity index (χ3n) is 3.31. The molecule has 0 bridgehead atoms. The van der Waals surface area contributed by atoms with Crippen LogP contribution in [0.4, 0.5) is 5.69 Å². The normalized spacial score (nSPS) is 11.5. The second kappa shape index (κ2) is 9.32. The van der Waals surface area contributed by atoms with Crippen molar-refractivity contribution in [3.8, 4) is 17.2 Å². The Kier molecular flexibility index (Phi) is 7.13. The number of hydrogen-bond acceptors (Lipinski definition) is 4. The first-order valence-corrected chi connectivity index (χ1v) is 8.95. The van der Waals surface area contributed by atoms with E-state index in [1.807, 2.05) is 26.0 Å². The smallest absolute Gasteiger partial charge is 0.265 e. The van der Waals surface area contributed by atoms with Gasteiger partial charge in [0.1, 0.15) is 5.75 Å².